The third kappa shape index (κ3) is 8.04. The van der Waals surface area contributed by atoms with Crippen LogP contribution in [0.25, 0.3) is 6.08 Å². The van der Waals surface area contributed by atoms with E-state index >= 15 is 4.39 Å². The molecule has 1 saturated heterocycles. The third-order valence-corrected chi connectivity index (χ3v) is 8.52. The van der Waals surface area contributed by atoms with Gasteiger partial charge >= 0.3 is 19.4 Å². The quantitative estimate of drug-likeness (QED) is 0.123. The molecule has 4 N–H and O–H groups in total. The van der Waals surface area contributed by atoms with E-state index in [1.54, 1.807) is 6.08 Å². The smallest absolute Gasteiger partial charge is 0.459 e. The van der Waals surface area contributed by atoms with Gasteiger partial charge in [-0.2, -0.15) is 5.09 Å². The Balaban J connectivity index is 1.46. The molecule has 4 rings (SSSR count). The Morgan fingerprint density at radius 2 is 1.86 bits per heavy atom. The summed E-state index contributed by atoms with van der Waals surface area (Å²) in [5.41, 5.74) is -2.72. The second-order valence-corrected chi connectivity index (χ2v) is 11.9. The van der Waals surface area contributed by atoms with Crippen LogP contribution < -0.4 is 20.9 Å². The van der Waals surface area contributed by atoms with Crippen LogP contribution in [-0.2, 0) is 25.2 Å². The predicted octanol–water partition coefficient (Wildman–Crippen LogP) is 2.56. The molecule has 1 aliphatic heterocycles. The van der Waals surface area contributed by atoms with Gasteiger partial charge in [-0.15, -0.1) is 0 Å². The molecule has 15 heteroatoms. The van der Waals surface area contributed by atoms with E-state index in [1.807, 2.05) is 35.3 Å². The molecule has 44 heavy (non-hydrogen) atoms. The summed E-state index contributed by atoms with van der Waals surface area (Å²) in [6, 6.07) is 14.4. The van der Waals surface area contributed by atoms with Crippen LogP contribution in [-0.4, -0.2) is 68.1 Å². The van der Waals surface area contributed by atoms with E-state index in [-0.39, 0.29) is 18.1 Å². The number of aliphatic hydroxyl groups is 1. The number of aromatic amines is 1. The van der Waals surface area contributed by atoms with Crippen molar-refractivity contribution >= 4 is 25.6 Å². The van der Waals surface area contributed by atoms with Gasteiger partial charge in [0.25, 0.3) is 5.56 Å². The summed E-state index contributed by atoms with van der Waals surface area (Å²) < 4.78 is 46.7. The van der Waals surface area contributed by atoms with Crippen molar-refractivity contribution in [3.05, 3.63) is 105 Å². The number of alkyl halides is 1. The fraction of sp³-hybridized carbons (Fsp3) is 0.310. The Kier molecular flexibility index (Phi) is 10.1. The molecule has 1 fully saturated rings. The Morgan fingerprint density at radius 3 is 2.50 bits per heavy atom. The Labute approximate surface area is 250 Å². The maximum Gasteiger partial charge on any atom is 0.459 e. The molecule has 13 nitrogen and oxygen atoms in total. The second-order valence-electron chi connectivity index (χ2n) is 10.2. The highest BCUT2D eigenvalue weighted by Crippen LogP contribution is 2.46. The number of hydrogen-bond acceptors (Lipinski definition) is 9. The number of hydrogen-bond donors (Lipinski definition) is 4. The minimum atomic E-state index is -4.50. The lowest BCUT2D eigenvalue weighted by molar-refractivity contribution is -0.138. The Hall–Kier alpha value is -4.20. The number of benzene rings is 2. The van der Waals surface area contributed by atoms with Crippen LogP contribution in [0.1, 0.15) is 29.8 Å². The Bertz CT molecular complexity index is 1670. The van der Waals surface area contributed by atoms with E-state index in [4.69, 9.17) is 13.8 Å². The average Bonchev–Trinajstić information content (AvgIpc) is 3.20. The monoisotopic (exact) mass is 631 g/mol. The molecule has 1 aliphatic rings. The SMILES string of the molecule is C[C@H](NP(=O)(OC[C@H]1O[C@@H](Cn2ccc(=O)[nH]c2=O)[C@](C)(F)[C@@H]1O)Oc1ccc(C(=O)/C=C/c2ccccc2)cc1)C(=O)O. The molecule has 0 amide bonds. The first-order chi connectivity index (χ1) is 20.8. The number of carbonyl (C=O) groups is 2. The summed E-state index contributed by atoms with van der Waals surface area (Å²) in [5, 5.41) is 22.2. The van der Waals surface area contributed by atoms with Crippen molar-refractivity contribution in [2.75, 3.05) is 6.61 Å². The lowest BCUT2D eigenvalue weighted by Gasteiger charge is -2.25. The number of aliphatic hydroxyl groups excluding tert-OH is 1. The fourth-order valence-corrected chi connectivity index (χ4v) is 5.80. The number of carboxylic acid groups (broad SMARTS) is 1. The van der Waals surface area contributed by atoms with Gasteiger partial charge in [0.15, 0.2) is 11.5 Å². The highest BCUT2D eigenvalue weighted by Gasteiger charge is 2.54. The summed E-state index contributed by atoms with van der Waals surface area (Å²) in [5.74, 6) is -1.72. The number of H-pyrrole nitrogens is 1. The molecule has 1 unspecified atom stereocenters. The van der Waals surface area contributed by atoms with E-state index in [1.165, 1.54) is 37.3 Å². The van der Waals surface area contributed by atoms with Crippen LogP contribution in [0.5, 0.6) is 5.75 Å². The lowest BCUT2D eigenvalue weighted by atomic mass is 9.95. The van der Waals surface area contributed by atoms with E-state index < -0.39 is 61.6 Å². The number of aliphatic carboxylic acids is 1. The number of nitrogens with one attached hydrogen (secondary N) is 2. The molecule has 1 aromatic heterocycles. The molecule has 0 bridgehead atoms. The molecule has 234 valence electrons. The third-order valence-electron chi connectivity index (χ3n) is 6.88. The first-order valence-electron chi connectivity index (χ1n) is 13.4. The van der Waals surface area contributed by atoms with Gasteiger partial charge in [0.2, 0.25) is 0 Å². The predicted molar refractivity (Wildman–Crippen MR) is 156 cm³/mol. The number of carboxylic acids is 1. The van der Waals surface area contributed by atoms with Crippen molar-refractivity contribution in [2.24, 2.45) is 0 Å². The number of carbonyl (C=O) groups excluding carboxylic acids is 1. The zero-order valence-corrected chi connectivity index (χ0v) is 24.6. The van der Waals surface area contributed by atoms with Gasteiger partial charge in [-0.1, -0.05) is 36.4 Å². The molecule has 2 heterocycles. The summed E-state index contributed by atoms with van der Waals surface area (Å²) in [6.45, 7) is 1.18. The zero-order valence-electron chi connectivity index (χ0n) is 23.7. The van der Waals surface area contributed by atoms with Crippen LogP contribution >= 0.6 is 7.75 Å². The summed E-state index contributed by atoms with van der Waals surface area (Å²) in [6.07, 6.45) is -0.385. The zero-order chi connectivity index (χ0) is 32.1. The van der Waals surface area contributed by atoms with Gasteiger partial charge in [-0.05, 0) is 49.8 Å². The first kappa shape index (κ1) is 32.7. The highest BCUT2D eigenvalue weighted by molar-refractivity contribution is 7.52. The highest BCUT2D eigenvalue weighted by atomic mass is 31.2. The minimum Gasteiger partial charge on any atom is -0.480 e. The number of ether oxygens (including phenoxy) is 1. The first-order valence-corrected chi connectivity index (χ1v) is 15.0. The van der Waals surface area contributed by atoms with E-state index in [9.17, 15) is 34.0 Å². The molecule has 3 aromatic rings. The average molecular weight is 632 g/mol. The van der Waals surface area contributed by atoms with Gasteiger partial charge < -0.3 is 19.5 Å². The number of ketones is 1. The van der Waals surface area contributed by atoms with Crippen molar-refractivity contribution in [1.29, 1.82) is 0 Å². The topological polar surface area (TPSA) is 186 Å². The van der Waals surface area contributed by atoms with Gasteiger partial charge in [0, 0.05) is 17.8 Å². The van der Waals surface area contributed by atoms with Crippen LogP contribution in [0.3, 0.4) is 0 Å². The largest absolute Gasteiger partial charge is 0.480 e. The van der Waals surface area contributed by atoms with Crippen molar-refractivity contribution in [3.8, 4) is 5.75 Å². The molecule has 0 aliphatic carbocycles. The number of aromatic nitrogens is 2. The summed E-state index contributed by atoms with van der Waals surface area (Å²) in [7, 11) is -4.50. The van der Waals surface area contributed by atoms with Gasteiger partial charge in [-0.3, -0.25) is 28.5 Å². The van der Waals surface area contributed by atoms with Crippen LogP contribution in [0.2, 0.25) is 0 Å². The maximum absolute atomic E-state index is 15.5. The van der Waals surface area contributed by atoms with Gasteiger partial charge in [-0.25, -0.2) is 13.8 Å². The van der Waals surface area contributed by atoms with Crippen molar-refractivity contribution in [3.63, 3.8) is 0 Å². The number of allylic oxidation sites excluding steroid dienone is 1. The number of rotatable bonds is 13. The minimum absolute atomic E-state index is 0.0412. The van der Waals surface area contributed by atoms with Gasteiger partial charge in [0.1, 0.15) is 30.1 Å². The normalized spacial score (nSPS) is 23.7. The van der Waals surface area contributed by atoms with E-state index in [0.717, 1.165) is 29.3 Å². The summed E-state index contributed by atoms with van der Waals surface area (Å²) in [4.78, 5) is 49.4. The number of halogens is 1. The van der Waals surface area contributed by atoms with Crippen LogP contribution in [0.15, 0.2) is 82.5 Å². The van der Waals surface area contributed by atoms with Gasteiger partial charge in [0.05, 0.1) is 13.2 Å². The molecular formula is C29H31FN3O10P. The van der Waals surface area contributed by atoms with Crippen LogP contribution in [0, 0.1) is 0 Å². The maximum atomic E-state index is 15.5. The van der Waals surface area contributed by atoms with E-state index in [0.29, 0.717) is 5.56 Å². The summed E-state index contributed by atoms with van der Waals surface area (Å²) >= 11 is 0. The van der Waals surface area contributed by atoms with E-state index in [2.05, 4.69) is 5.09 Å². The molecule has 0 spiro atoms. The van der Waals surface area contributed by atoms with Crippen molar-refractivity contribution in [2.45, 2.75) is 50.4 Å². The molecule has 0 saturated carbocycles. The Morgan fingerprint density at radius 1 is 1.18 bits per heavy atom. The number of nitrogens with zero attached hydrogens (tertiary/aromatic N) is 1. The fourth-order valence-electron chi connectivity index (χ4n) is 4.30. The van der Waals surface area contributed by atoms with Crippen molar-refractivity contribution < 1.29 is 42.5 Å². The molecule has 6 atom stereocenters. The molecular weight excluding hydrogens is 600 g/mol. The second kappa shape index (κ2) is 13.6. The molecule has 0 radical (unpaired) electrons. The lowest BCUT2D eigenvalue weighted by Crippen LogP contribution is -2.45. The van der Waals surface area contributed by atoms with Crippen LogP contribution in [0.4, 0.5) is 4.39 Å². The standard InChI is InChI=1S/C29H31FN3O10P/c1-18(27(37)38)32-44(40,43-21-11-9-20(10-12-21)22(34)13-8-19-6-4-3-5-7-19)41-17-23-26(36)29(2,30)24(42-23)16-33-15-14-25(35)31-28(33)39/h3-15,18,23-24,26,36H,16-17H2,1-2H3,(H,32,40)(H,37,38)(H,31,35,39)/b13-8+/t18-,23+,24-,26+,29-,44?/m0/s1. The molecule has 2 aromatic carbocycles. The van der Waals surface area contributed by atoms with Crippen molar-refractivity contribution in [1.82, 2.24) is 14.6 Å².